The molecular weight excluding hydrogens is 384 g/mol. The number of rotatable bonds is 4. The number of fused-ring (bicyclic) bond motifs is 3. The molecule has 3 nitrogen and oxygen atoms in total. The molecule has 0 aromatic carbocycles. The molecule has 4 aliphatic carbocycles. The topological polar surface area (TPSA) is 53.0 Å². The van der Waals surface area contributed by atoms with Crippen molar-refractivity contribution in [3.63, 3.8) is 0 Å². The van der Waals surface area contributed by atoms with Gasteiger partial charge in [-0.05, 0) is 79.1 Å². The first kappa shape index (κ1) is 22.2. The molecule has 1 heterocycles. The van der Waals surface area contributed by atoms with E-state index in [2.05, 4.69) is 53.7 Å². The van der Waals surface area contributed by atoms with Gasteiger partial charge in [0, 0.05) is 11.8 Å². The van der Waals surface area contributed by atoms with Gasteiger partial charge in [-0.1, -0.05) is 59.3 Å². The van der Waals surface area contributed by atoms with Crippen molar-refractivity contribution < 1.29 is 14.9 Å². The number of ether oxygens (including phenoxy) is 1. The third-order valence-corrected chi connectivity index (χ3v) is 10.9. The van der Waals surface area contributed by atoms with Gasteiger partial charge in [-0.2, -0.15) is 0 Å². The van der Waals surface area contributed by atoms with Crippen LogP contribution in [0.4, 0.5) is 0 Å². The van der Waals surface area contributed by atoms with Gasteiger partial charge in [-0.25, -0.2) is 0 Å². The van der Waals surface area contributed by atoms with Gasteiger partial charge >= 0.3 is 0 Å². The van der Waals surface area contributed by atoms with Crippen LogP contribution in [0.3, 0.4) is 0 Å². The molecule has 0 unspecified atom stereocenters. The Morgan fingerprint density at radius 3 is 2.45 bits per heavy atom. The summed E-state index contributed by atoms with van der Waals surface area (Å²) < 4.78 is 6.33. The molecule has 5 rings (SSSR count). The van der Waals surface area contributed by atoms with Crippen LogP contribution in [-0.4, -0.2) is 34.1 Å². The van der Waals surface area contributed by atoms with Crippen molar-refractivity contribution in [2.45, 2.75) is 110 Å². The van der Waals surface area contributed by atoms with Crippen LogP contribution in [0.15, 0.2) is 23.3 Å². The Hall–Kier alpha value is -0.640. The first-order valence-corrected chi connectivity index (χ1v) is 13.0. The average Bonchev–Trinajstić information content (AvgIpc) is 3.34. The number of allylic oxidation sites excluding steroid dienone is 2. The van der Waals surface area contributed by atoms with Crippen LogP contribution < -0.4 is 0 Å². The van der Waals surface area contributed by atoms with Gasteiger partial charge in [0.2, 0.25) is 0 Å². The highest BCUT2D eigenvalue weighted by molar-refractivity contribution is 5.45. The third-order valence-electron chi connectivity index (χ3n) is 10.9. The summed E-state index contributed by atoms with van der Waals surface area (Å²) in [6.45, 7) is 14.3. The average molecular weight is 429 g/mol. The predicted molar refractivity (Wildman–Crippen MR) is 124 cm³/mol. The lowest BCUT2D eigenvalue weighted by Gasteiger charge is -2.54. The predicted octanol–water partition coefficient (Wildman–Crippen LogP) is 5.66. The zero-order valence-electron chi connectivity index (χ0n) is 20.5. The SMILES string of the molecule is CC(C)[C@@H](C)/C=C/[C@@H](C)[C@H]1CC[C@H]2C3=C(CC[C@]12C)[C@@]1(C)CC[C@H](O)C[C@]12O[C@@H]2[C@@H]3O. The van der Waals surface area contributed by atoms with Crippen molar-refractivity contribution >= 4 is 0 Å². The Kier molecular flexibility index (Phi) is 5.13. The summed E-state index contributed by atoms with van der Waals surface area (Å²) in [6, 6.07) is 0. The zero-order valence-corrected chi connectivity index (χ0v) is 20.5. The highest BCUT2D eigenvalue weighted by atomic mass is 16.6. The minimum atomic E-state index is -0.469. The van der Waals surface area contributed by atoms with E-state index in [1.165, 1.54) is 30.4 Å². The van der Waals surface area contributed by atoms with E-state index in [-0.39, 0.29) is 28.6 Å². The molecule has 1 spiro atoms. The minimum Gasteiger partial charge on any atom is -0.393 e. The van der Waals surface area contributed by atoms with Gasteiger partial charge in [0.25, 0.3) is 0 Å². The third kappa shape index (κ3) is 2.95. The van der Waals surface area contributed by atoms with E-state index in [0.717, 1.165) is 19.3 Å². The number of epoxide rings is 1. The summed E-state index contributed by atoms with van der Waals surface area (Å²) in [4.78, 5) is 0. The highest BCUT2D eigenvalue weighted by Crippen LogP contribution is 2.72. The lowest BCUT2D eigenvalue weighted by Crippen LogP contribution is -2.55. The molecule has 0 aromatic heterocycles. The second-order valence-corrected chi connectivity index (χ2v) is 12.6. The van der Waals surface area contributed by atoms with E-state index in [9.17, 15) is 10.2 Å². The van der Waals surface area contributed by atoms with E-state index >= 15 is 0 Å². The molecular formula is C28H44O3. The molecule has 3 heteroatoms. The lowest BCUT2D eigenvalue weighted by atomic mass is 9.50. The molecule has 0 radical (unpaired) electrons. The van der Waals surface area contributed by atoms with Crippen LogP contribution in [0.2, 0.25) is 0 Å². The molecule has 174 valence electrons. The van der Waals surface area contributed by atoms with Crippen molar-refractivity contribution in [2.75, 3.05) is 0 Å². The molecule has 0 amide bonds. The van der Waals surface area contributed by atoms with Crippen molar-refractivity contribution in [1.82, 2.24) is 0 Å². The first-order chi connectivity index (χ1) is 14.5. The van der Waals surface area contributed by atoms with Crippen LogP contribution >= 0.6 is 0 Å². The maximum Gasteiger partial charge on any atom is 0.118 e. The van der Waals surface area contributed by atoms with Gasteiger partial charge in [0.15, 0.2) is 0 Å². The molecule has 0 bridgehead atoms. The molecule has 31 heavy (non-hydrogen) atoms. The summed E-state index contributed by atoms with van der Waals surface area (Å²) in [5.74, 6) is 3.05. The second kappa shape index (κ2) is 7.18. The fourth-order valence-electron chi connectivity index (χ4n) is 8.47. The summed E-state index contributed by atoms with van der Waals surface area (Å²) >= 11 is 0. The second-order valence-electron chi connectivity index (χ2n) is 12.6. The fourth-order valence-corrected chi connectivity index (χ4v) is 8.47. The molecule has 5 aliphatic rings. The molecule has 1 aliphatic heterocycles. The van der Waals surface area contributed by atoms with E-state index in [1.54, 1.807) is 0 Å². The Morgan fingerprint density at radius 1 is 1.00 bits per heavy atom. The van der Waals surface area contributed by atoms with Gasteiger partial charge < -0.3 is 14.9 Å². The number of aliphatic hydroxyl groups excluding tert-OH is 2. The summed E-state index contributed by atoms with van der Waals surface area (Å²) in [7, 11) is 0. The highest BCUT2D eigenvalue weighted by Gasteiger charge is 2.76. The molecule has 3 fully saturated rings. The van der Waals surface area contributed by atoms with Crippen LogP contribution in [-0.2, 0) is 4.74 Å². The van der Waals surface area contributed by atoms with Crippen molar-refractivity contribution in [3.05, 3.63) is 23.3 Å². The molecule has 0 aromatic rings. The van der Waals surface area contributed by atoms with Crippen molar-refractivity contribution in [1.29, 1.82) is 0 Å². The van der Waals surface area contributed by atoms with Gasteiger partial charge in [-0.3, -0.25) is 0 Å². The minimum absolute atomic E-state index is 0.00307. The quantitative estimate of drug-likeness (QED) is 0.449. The summed E-state index contributed by atoms with van der Waals surface area (Å²) in [5, 5.41) is 21.9. The van der Waals surface area contributed by atoms with Crippen LogP contribution in [0.5, 0.6) is 0 Å². The smallest absolute Gasteiger partial charge is 0.118 e. The molecule has 2 N–H and O–H groups in total. The number of hydrogen-bond acceptors (Lipinski definition) is 3. The standard InChI is InChI=1S/C28H44O3/c1-16(2)17(3)7-8-18(4)20-9-10-21-23-22(12-13-26(20,21)5)27(6)14-11-19(29)15-28(27)25(31-28)24(23)30/h7-8,16-21,24-25,29-30H,9-15H2,1-6H3/b8-7+/t17-,18+,19-,20+,21-,24+,25+,26+,27+,28+/m0/s1. The Bertz CT molecular complexity index is 798. The van der Waals surface area contributed by atoms with Crippen LogP contribution in [0.1, 0.15) is 86.5 Å². The van der Waals surface area contributed by atoms with Crippen LogP contribution in [0.25, 0.3) is 0 Å². The van der Waals surface area contributed by atoms with E-state index in [0.29, 0.717) is 36.0 Å². The normalized spacial score (nSPS) is 50.7. The number of aliphatic hydroxyl groups is 2. The fraction of sp³-hybridized carbons (Fsp3) is 0.857. The Labute approximate surface area is 189 Å². The van der Waals surface area contributed by atoms with Crippen molar-refractivity contribution in [2.24, 2.45) is 40.4 Å². The molecule has 2 saturated carbocycles. The van der Waals surface area contributed by atoms with Gasteiger partial charge in [0.1, 0.15) is 17.8 Å². The first-order valence-electron chi connectivity index (χ1n) is 13.0. The lowest BCUT2D eigenvalue weighted by molar-refractivity contribution is -0.000636. The Morgan fingerprint density at radius 2 is 1.74 bits per heavy atom. The number of hydrogen-bond donors (Lipinski definition) is 2. The molecule has 10 atom stereocenters. The zero-order chi connectivity index (χ0) is 22.3. The summed E-state index contributed by atoms with van der Waals surface area (Å²) in [6.07, 6.45) is 11.4. The van der Waals surface area contributed by atoms with Gasteiger partial charge in [-0.15, -0.1) is 0 Å². The largest absolute Gasteiger partial charge is 0.393 e. The maximum atomic E-state index is 11.5. The van der Waals surface area contributed by atoms with Gasteiger partial charge in [0.05, 0.1) is 6.10 Å². The van der Waals surface area contributed by atoms with E-state index in [4.69, 9.17) is 4.74 Å². The van der Waals surface area contributed by atoms with Crippen molar-refractivity contribution in [3.8, 4) is 0 Å². The Balaban J connectivity index is 1.45. The molecule has 1 saturated heterocycles. The summed E-state index contributed by atoms with van der Waals surface area (Å²) in [5.41, 5.74) is 2.84. The van der Waals surface area contributed by atoms with E-state index < -0.39 is 6.10 Å². The maximum absolute atomic E-state index is 11.5. The monoisotopic (exact) mass is 428 g/mol. The van der Waals surface area contributed by atoms with E-state index in [1.807, 2.05) is 0 Å². The van der Waals surface area contributed by atoms with Crippen LogP contribution in [0, 0.1) is 40.4 Å².